The monoisotopic (exact) mass is 286 g/mol. The third-order valence-electron chi connectivity index (χ3n) is 3.15. The van der Waals surface area contributed by atoms with Crippen LogP contribution in [0.3, 0.4) is 0 Å². The highest BCUT2D eigenvalue weighted by Crippen LogP contribution is 2.34. The molecular weight excluding hydrogens is 268 g/mol. The van der Waals surface area contributed by atoms with Crippen LogP contribution in [0, 0.1) is 5.92 Å². The first-order valence-electron chi connectivity index (χ1n) is 5.99. The van der Waals surface area contributed by atoms with Gasteiger partial charge in [0.25, 0.3) is 0 Å². The second-order valence-electron chi connectivity index (χ2n) is 4.94. The number of aliphatic hydroxyl groups is 1. The van der Waals surface area contributed by atoms with Crippen molar-refractivity contribution in [1.29, 1.82) is 0 Å². The molecule has 1 aromatic carbocycles. The first-order valence-corrected chi connectivity index (χ1v) is 6.37. The number of rotatable bonds is 6. The zero-order valence-corrected chi connectivity index (χ0v) is 12.3. The molecule has 0 saturated carbocycles. The average Bonchev–Trinajstić information content (AvgIpc) is 2.35. The first-order chi connectivity index (χ1) is 8.81. The molecule has 0 fully saturated rings. The van der Waals surface area contributed by atoms with E-state index in [4.69, 9.17) is 21.1 Å². The normalized spacial score (nSPS) is 14.1. The second-order valence-corrected chi connectivity index (χ2v) is 5.38. The summed E-state index contributed by atoms with van der Waals surface area (Å²) >= 11 is 5.88. The summed E-state index contributed by atoms with van der Waals surface area (Å²) in [6.45, 7) is 5.52. The number of carbonyl (C=O) groups excluding carboxylic acids is 1. The molecule has 4 nitrogen and oxygen atoms in total. The third kappa shape index (κ3) is 3.85. The van der Waals surface area contributed by atoms with Crippen LogP contribution < -0.4 is 9.47 Å². The molecule has 0 saturated heterocycles. The minimum Gasteiger partial charge on any atom is -0.493 e. The highest BCUT2D eigenvalue weighted by molar-refractivity contribution is 6.31. The largest absolute Gasteiger partial charge is 0.493 e. The van der Waals surface area contributed by atoms with E-state index in [1.54, 1.807) is 13.0 Å². The Balaban J connectivity index is 3.03. The number of hydrogen-bond donors (Lipinski definition) is 1. The lowest BCUT2D eigenvalue weighted by atomic mass is 9.94. The van der Waals surface area contributed by atoms with Gasteiger partial charge in [-0.15, -0.1) is 0 Å². The fraction of sp³-hybridized carbons (Fsp3) is 0.500. The zero-order chi connectivity index (χ0) is 14.6. The van der Waals surface area contributed by atoms with Gasteiger partial charge in [0.2, 0.25) is 0 Å². The molecule has 1 rings (SSSR count). The molecule has 0 aliphatic carbocycles. The maximum absolute atomic E-state index is 11.0. The van der Waals surface area contributed by atoms with Gasteiger partial charge < -0.3 is 14.6 Å². The Labute approximate surface area is 118 Å². The topological polar surface area (TPSA) is 55.8 Å². The standard InChI is InChI=1S/C14H19ClO4/c1-9(2)14(3,17)8-19-13-10(7-16)5-11(15)6-12(13)18-4/h5-7,9,17H,8H2,1-4H3. The van der Waals surface area contributed by atoms with Gasteiger partial charge in [0, 0.05) is 11.1 Å². The van der Waals surface area contributed by atoms with E-state index in [0.29, 0.717) is 28.4 Å². The van der Waals surface area contributed by atoms with E-state index >= 15 is 0 Å². The van der Waals surface area contributed by atoms with E-state index in [1.807, 2.05) is 13.8 Å². The van der Waals surface area contributed by atoms with Crippen molar-refractivity contribution in [3.8, 4) is 11.5 Å². The Morgan fingerprint density at radius 3 is 2.58 bits per heavy atom. The Bertz CT molecular complexity index is 455. The van der Waals surface area contributed by atoms with Gasteiger partial charge in [-0.25, -0.2) is 0 Å². The molecule has 0 aromatic heterocycles. The van der Waals surface area contributed by atoms with Crippen molar-refractivity contribution in [2.24, 2.45) is 5.92 Å². The molecule has 0 amide bonds. The summed E-state index contributed by atoms with van der Waals surface area (Å²) in [4.78, 5) is 11.0. The molecule has 1 N–H and O–H groups in total. The molecule has 0 radical (unpaired) electrons. The fourth-order valence-corrected chi connectivity index (χ4v) is 1.58. The molecule has 0 aliphatic rings. The summed E-state index contributed by atoms with van der Waals surface area (Å²) in [5.74, 6) is 0.683. The van der Waals surface area contributed by atoms with Gasteiger partial charge in [0.15, 0.2) is 17.8 Å². The van der Waals surface area contributed by atoms with Crippen LogP contribution in [0.25, 0.3) is 0 Å². The molecule has 106 valence electrons. The van der Waals surface area contributed by atoms with Gasteiger partial charge in [0.05, 0.1) is 18.3 Å². The highest BCUT2D eigenvalue weighted by Gasteiger charge is 2.27. The van der Waals surface area contributed by atoms with Gasteiger partial charge in [-0.1, -0.05) is 25.4 Å². The lowest BCUT2D eigenvalue weighted by Crippen LogP contribution is -2.38. The van der Waals surface area contributed by atoms with Crippen molar-refractivity contribution in [2.75, 3.05) is 13.7 Å². The number of carbonyl (C=O) groups is 1. The number of aldehydes is 1. The summed E-state index contributed by atoms with van der Waals surface area (Å²) in [6.07, 6.45) is 0.647. The molecule has 5 heteroatoms. The highest BCUT2D eigenvalue weighted by atomic mass is 35.5. The summed E-state index contributed by atoms with van der Waals surface area (Å²) in [5.41, 5.74) is -0.700. The van der Waals surface area contributed by atoms with Crippen molar-refractivity contribution in [3.63, 3.8) is 0 Å². The predicted octanol–water partition coefficient (Wildman–Crippen LogP) is 2.95. The van der Waals surface area contributed by atoms with Crippen molar-refractivity contribution in [1.82, 2.24) is 0 Å². The number of ether oxygens (including phenoxy) is 2. The van der Waals surface area contributed by atoms with Crippen molar-refractivity contribution in [3.05, 3.63) is 22.7 Å². The number of benzene rings is 1. The molecule has 0 bridgehead atoms. The molecule has 19 heavy (non-hydrogen) atoms. The number of methoxy groups -OCH3 is 1. The summed E-state index contributed by atoms with van der Waals surface area (Å²) < 4.78 is 10.7. The third-order valence-corrected chi connectivity index (χ3v) is 3.37. The summed E-state index contributed by atoms with van der Waals surface area (Å²) in [6, 6.07) is 3.06. The van der Waals surface area contributed by atoms with Crippen LogP contribution in [-0.2, 0) is 0 Å². The molecule has 0 heterocycles. The van der Waals surface area contributed by atoms with Crippen LogP contribution in [0.2, 0.25) is 5.02 Å². The van der Waals surface area contributed by atoms with Crippen LogP contribution in [0.15, 0.2) is 12.1 Å². The van der Waals surface area contributed by atoms with E-state index in [9.17, 15) is 9.90 Å². The van der Waals surface area contributed by atoms with Gasteiger partial charge in [-0.05, 0) is 18.9 Å². The Hall–Kier alpha value is -1.26. The smallest absolute Gasteiger partial charge is 0.171 e. The molecule has 1 aromatic rings. The maximum atomic E-state index is 11.0. The van der Waals surface area contributed by atoms with Crippen molar-refractivity contribution < 1.29 is 19.4 Å². The second kappa shape index (κ2) is 6.26. The molecule has 0 aliphatic heterocycles. The average molecular weight is 287 g/mol. The number of hydrogen-bond acceptors (Lipinski definition) is 4. The molecule has 1 unspecified atom stereocenters. The van der Waals surface area contributed by atoms with Crippen LogP contribution in [0.1, 0.15) is 31.1 Å². The summed E-state index contributed by atoms with van der Waals surface area (Å²) in [7, 11) is 1.47. The maximum Gasteiger partial charge on any atom is 0.171 e. The van der Waals surface area contributed by atoms with E-state index in [-0.39, 0.29) is 12.5 Å². The predicted molar refractivity (Wildman–Crippen MR) is 74.3 cm³/mol. The Morgan fingerprint density at radius 1 is 1.47 bits per heavy atom. The SMILES string of the molecule is COc1cc(Cl)cc(C=O)c1OCC(C)(O)C(C)C. The molecular formula is C14H19ClO4. The fourth-order valence-electron chi connectivity index (χ4n) is 1.37. The zero-order valence-electron chi connectivity index (χ0n) is 11.6. The first kappa shape index (κ1) is 15.8. The van der Waals surface area contributed by atoms with Gasteiger partial charge in [-0.3, -0.25) is 4.79 Å². The molecule has 1 atom stereocenters. The molecule has 0 spiro atoms. The van der Waals surface area contributed by atoms with E-state index in [2.05, 4.69) is 0 Å². The van der Waals surface area contributed by atoms with E-state index in [1.165, 1.54) is 13.2 Å². The van der Waals surface area contributed by atoms with Crippen LogP contribution in [0.4, 0.5) is 0 Å². The van der Waals surface area contributed by atoms with Crippen LogP contribution in [-0.4, -0.2) is 30.7 Å². The van der Waals surface area contributed by atoms with Crippen LogP contribution >= 0.6 is 11.6 Å². The minimum atomic E-state index is -0.995. The van der Waals surface area contributed by atoms with E-state index < -0.39 is 5.60 Å². The van der Waals surface area contributed by atoms with E-state index in [0.717, 1.165) is 0 Å². The van der Waals surface area contributed by atoms with Gasteiger partial charge in [-0.2, -0.15) is 0 Å². The lowest BCUT2D eigenvalue weighted by Gasteiger charge is -2.28. The quantitative estimate of drug-likeness (QED) is 0.817. The lowest BCUT2D eigenvalue weighted by molar-refractivity contribution is -0.0272. The van der Waals surface area contributed by atoms with Crippen molar-refractivity contribution in [2.45, 2.75) is 26.4 Å². The number of halogens is 1. The van der Waals surface area contributed by atoms with Crippen molar-refractivity contribution >= 4 is 17.9 Å². The minimum absolute atomic E-state index is 0.0190. The Morgan fingerprint density at radius 2 is 2.11 bits per heavy atom. The van der Waals surface area contributed by atoms with Gasteiger partial charge >= 0.3 is 0 Å². The van der Waals surface area contributed by atoms with Gasteiger partial charge in [0.1, 0.15) is 6.61 Å². The van der Waals surface area contributed by atoms with Crippen LogP contribution in [0.5, 0.6) is 11.5 Å². The Kier molecular flexibility index (Phi) is 5.20. The summed E-state index contributed by atoms with van der Waals surface area (Å²) in [5, 5.41) is 10.5.